The molecule has 0 aromatic carbocycles. The number of ether oxygens (including phenoxy) is 1. The maximum atomic E-state index is 12.4. The van der Waals surface area contributed by atoms with Gasteiger partial charge in [-0.15, -0.1) is 0 Å². The van der Waals surface area contributed by atoms with Crippen molar-refractivity contribution in [3.8, 4) is 0 Å². The molecule has 0 aromatic rings. The smallest absolute Gasteiger partial charge is 0.305 e. The van der Waals surface area contributed by atoms with Gasteiger partial charge in [0.25, 0.3) is 0 Å². The van der Waals surface area contributed by atoms with Crippen molar-refractivity contribution >= 4 is 11.9 Å². The quantitative estimate of drug-likeness (QED) is 0.0321. The van der Waals surface area contributed by atoms with E-state index in [2.05, 4.69) is 43.5 Å². The summed E-state index contributed by atoms with van der Waals surface area (Å²) in [5, 5.41) is 23.1. The Morgan fingerprint density at radius 2 is 0.769 bits per heavy atom. The van der Waals surface area contributed by atoms with Crippen LogP contribution in [0.2, 0.25) is 0 Å². The van der Waals surface area contributed by atoms with Crippen molar-refractivity contribution in [2.45, 2.75) is 315 Å². The van der Waals surface area contributed by atoms with E-state index in [0.717, 1.165) is 51.4 Å². The summed E-state index contributed by atoms with van der Waals surface area (Å²) in [5.41, 5.74) is 0. The molecule has 0 aliphatic rings. The van der Waals surface area contributed by atoms with Crippen molar-refractivity contribution in [1.82, 2.24) is 5.32 Å². The van der Waals surface area contributed by atoms with E-state index in [1.54, 1.807) is 6.08 Å². The predicted molar refractivity (Wildman–Crippen MR) is 283 cm³/mol. The normalized spacial score (nSPS) is 12.9. The highest BCUT2D eigenvalue weighted by Crippen LogP contribution is 2.17. The molecule has 0 heterocycles. The number of amides is 1. The fourth-order valence-corrected chi connectivity index (χ4v) is 8.77. The molecule has 0 aromatic heterocycles. The van der Waals surface area contributed by atoms with Gasteiger partial charge < -0.3 is 20.3 Å². The van der Waals surface area contributed by atoms with Crippen molar-refractivity contribution < 1.29 is 24.5 Å². The molecule has 0 aliphatic heterocycles. The second-order valence-electron chi connectivity index (χ2n) is 19.6. The number of aliphatic hydroxyl groups is 2. The first-order valence-electron chi connectivity index (χ1n) is 28.8. The van der Waals surface area contributed by atoms with E-state index in [0.29, 0.717) is 19.4 Å². The molecule has 0 saturated heterocycles. The number of carbonyl (C=O) groups is 2. The molecule has 382 valence electrons. The summed E-state index contributed by atoms with van der Waals surface area (Å²) in [7, 11) is 0. The minimum atomic E-state index is -0.847. The molecule has 65 heavy (non-hydrogen) atoms. The van der Waals surface area contributed by atoms with Crippen LogP contribution in [0.25, 0.3) is 0 Å². The molecule has 0 rings (SSSR count). The maximum Gasteiger partial charge on any atom is 0.305 e. The van der Waals surface area contributed by atoms with Gasteiger partial charge in [0.1, 0.15) is 0 Å². The average Bonchev–Trinajstić information content (AvgIpc) is 3.31. The first kappa shape index (κ1) is 63.1. The summed E-state index contributed by atoms with van der Waals surface area (Å²) in [6.45, 7) is 4.80. The Kier molecular flexibility index (Phi) is 53.1. The summed E-state index contributed by atoms with van der Waals surface area (Å²) in [6.07, 6.45) is 67.5. The van der Waals surface area contributed by atoms with Gasteiger partial charge in [0.05, 0.1) is 25.4 Å². The monoisotopic (exact) mass is 914 g/mol. The van der Waals surface area contributed by atoms with Crippen LogP contribution in [0.4, 0.5) is 0 Å². The van der Waals surface area contributed by atoms with Crippen LogP contribution in [-0.2, 0) is 14.3 Å². The van der Waals surface area contributed by atoms with Gasteiger partial charge in [-0.05, 0) is 51.4 Å². The summed E-state index contributed by atoms with van der Waals surface area (Å²) in [6, 6.07) is -0.631. The lowest BCUT2D eigenvalue weighted by molar-refractivity contribution is -0.143. The van der Waals surface area contributed by atoms with Gasteiger partial charge >= 0.3 is 5.97 Å². The van der Waals surface area contributed by atoms with Crippen LogP contribution in [-0.4, -0.2) is 47.4 Å². The van der Waals surface area contributed by atoms with Crippen LogP contribution >= 0.6 is 0 Å². The summed E-state index contributed by atoms with van der Waals surface area (Å²) < 4.78 is 5.41. The largest absolute Gasteiger partial charge is 0.465 e. The van der Waals surface area contributed by atoms with E-state index in [9.17, 15) is 19.8 Å². The topological polar surface area (TPSA) is 95.9 Å². The Labute approximate surface area is 404 Å². The van der Waals surface area contributed by atoms with E-state index >= 15 is 0 Å². The van der Waals surface area contributed by atoms with Crippen molar-refractivity contribution in [1.29, 1.82) is 0 Å². The van der Waals surface area contributed by atoms with Crippen molar-refractivity contribution in [2.75, 3.05) is 13.2 Å². The number of allylic oxidation sites excluding steroid dienone is 4. The van der Waals surface area contributed by atoms with E-state index < -0.39 is 12.1 Å². The highest BCUT2D eigenvalue weighted by atomic mass is 16.5. The van der Waals surface area contributed by atoms with Crippen LogP contribution in [0.3, 0.4) is 0 Å². The Bertz CT molecular complexity index is 1060. The fraction of sp³-hybridized carbons (Fsp3) is 0.864. The van der Waals surface area contributed by atoms with Crippen molar-refractivity contribution in [2.24, 2.45) is 0 Å². The van der Waals surface area contributed by atoms with Crippen LogP contribution in [0.5, 0.6) is 0 Å². The molecule has 0 saturated carbocycles. The van der Waals surface area contributed by atoms with Gasteiger partial charge in [0.2, 0.25) is 5.91 Å². The lowest BCUT2D eigenvalue weighted by atomic mass is 10.0. The lowest BCUT2D eigenvalue weighted by Crippen LogP contribution is -2.45. The SMILES string of the molecule is CCCCCCCCCCCCCC/C=C/C(O)C(CO)NC(=O)CCCCCCCCCCCCCCCC/C=C\C/C=C\CCOC(=O)CCCCCCCCCCCCCCC. The molecule has 0 fully saturated rings. The van der Waals surface area contributed by atoms with Crippen LogP contribution < -0.4 is 5.32 Å². The molecule has 1 amide bonds. The van der Waals surface area contributed by atoms with Gasteiger partial charge in [-0.1, -0.05) is 275 Å². The van der Waals surface area contributed by atoms with Crippen LogP contribution in [0.1, 0.15) is 303 Å². The number of aliphatic hydroxyl groups excluding tert-OH is 2. The molecule has 2 unspecified atom stereocenters. The molecule has 0 aliphatic carbocycles. The van der Waals surface area contributed by atoms with Gasteiger partial charge in [-0.2, -0.15) is 0 Å². The zero-order valence-electron chi connectivity index (χ0n) is 43.5. The van der Waals surface area contributed by atoms with Gasteiger partial charge in [0.15, 0.2) is 0 Å². The molecular weight excluding hydrogens is 803 g/mol. The van der Waals surface area contributed by atoms with E-state index in [-0.39, 0.29) is 18.5 Å². The first-order valence-corrected chi connectivity index (χ1v) is 28.8. The van der Waals surface area contributed by atoms with E-state index in [1.807, 2.05) is 6.08 Å². The molecule has 6 heteroatoms. The fourth-order valence-electron chi connectivity index (χ4n) is 8.77. The summed E-state index contributed by atoms with van der Waals surface area (Å²) in [4.78, 5) is 24.4. The Hall–Kier alpha value is -1.92. The molecular formula is C59H111NO5. The van der Waals surface area contributed by atoms with Gasteiger partial charge in [-0.25, -0.2) is 0 Å². The van der Waals surface area contributed by atoms with E-state index in [4.69, 9.17) is 4.74 Å². The molecule has 0 bridgehead atoms. The summed E-state index contributed by atoms with van der Waals surface area (Å²) >= 11 is 0. The van der Waals surface area contributed by atoms with Crippen molar-refractivity contribution in [3.63, 3.8) is 0 Å². The molecule has 6 nitrogen and oxygen atoms in total. The molecule has 0 radical (unpaired) electrons. The summed E-state index contributed by atoms with van der Waals surface area (Å²) in [5.74, 6) is -0.107. The van der Waals surface area contributed by atoms with Gasteiger partial charge in [-0.3, -0.25) is 9.59 Å². The highest BCUT2D eigenvalue weighted by Gasteiger charge is 2.18. The second-order valence-corrected chi connectivity index (χ2v) is 19.6. The number of rotatable bonds is 53. The number of hydrogen-bond donors (Lipinski definition) is 3. The van der Waals surface area contributed by atoms with Crippen molar-refractivity contribution in [3.05, 3.63) is 36.5 Å². The maximum absolute atomic E-state index is 12.4. The van der Waals surface area contributed by atoms with E-state index in [1.165, 1.54) is 225 Å². The number of unbranched alkanes of at least 4 members (excludes halogenated alkanes) is 38. The number of esters is 1. The van der Waals surface area contributed by atoms with Gasteiger partial charge in [0, 0.05) is 12.8 Å². The number of nitrogens with one attached hydrogen (secondary N) is 1. The zero-order valence-corrected chi connectivity index (χ0v) is 43.5. The highest BCUT2D eigenvalue weighted by molar-refractivity contribution is 5.76. The third-order valence-corrected chi connectivity index (χ3v) is 13.2. The average molecular weight is 915 g/mol. The van der Waals surface area contributed by atoms with Crippen LogP contribution in [0, 0.1) is 0 Å². The standard InChI is InChI=1S/C59H111NO5/c1-3-5-7-9-11-13-15-17-28-31-35-39-43-47-51-57(62)56(55-61)60-58(63)52-48-44-40-36-32-29-25-23-21-19-18-20-22-24-26-30-34-38-42-46-50-54-65-59(64)53-49-45-41-37-33-27-16-14-12-10-8-6-4-2/h30,34,42,46-47,51,56-57,61-62H,3-29,31-33,35-41,43-45,48-50,52-55H2,1-2H3,(H,60,63)/b34-30-,46-42-,51-47+. The minimum Gasteiger partial charge on any atom is -0.465 e. The zero-order chi connectivity index (χ0) is 47.2. The Morgan fingerprint density at radius 1 is 0.431 bits per heavy atom. The number of hydrogen-bond acceptors (Lipinski definition) is 5. The number of carbonyl (C=O) groups excluding carboxylic acids is 2. The molecule has 2 atom stereocenters. The van der Waals surface area contributed by atoms with Crippen LogP contribution in [0.15, 0.2) is 36.5 Å². The minimum absolute atomic E-state index is 0.0346. The lowest BCUT2D eigenvalue weighted by Gasteiger charge is -2.20. The Balaban J connectivity index is 3.48. The first-order chi connectivity index (χ1) is 32.0. The second kappa shape index (κ2) is 54.7. The molecule has 0 spiro atoms. The third-order valence-electron chi connectivity index (χ3n) is 13.2. The predicted octanol–water partition coefficient (Wildman–Crippen LogP) is 17.6. The Morgan fingerprint density at radius 3 is 1.17 bits per heavy atom. The molecule has 3 N–H and O–H groups in total. The third kappa shape index (κ3) is 51.3.